The van der Waals surface area contributed by atoms with Crippen LogP contribution in [0.1, 0.15) is 29.5 Å². The molecule has 1 aliphatic rings. The van der Waals surface area contributed by atoms with Crippen LogP contribution in [0.4, 0.5) is 4.79 Å². The number of benzene rings is 1. The summed E-state index contributed by atoms with van der Waals surface area (Å²) in [6.45, 7) is 1.65. The van der Waals surface area contributed by atoms with Gasteiger partial charge >= 0.3 is 6.09 Å². The lowest BCUT2D eigenvalue weighted by atomic mass is 9.98. The van der Waals surface area contributed by atoms with Crippen molar-refractivity contribution >= 4 is 17.4 Å². The Morgan fingerprint density at radius 1 is 1.32 bits per heavy atom. The van der Waals surface area contributed by atoms with Crippen LogP contribution < -0.4 is 4.74 Å². The minimum atomic E-state index is -0.825. The highest BCUT2D eigenvalue weighted by atomic mass is 32.1. The van der Waals surface area contributed by atoms with Crippen LogP contribution in [-0.4, -0.2) is 34.2 Å². The zero-order chi connectivity index (χ0) is 15.4. The van der Waals surface area contributed by atoms with E-state index >= 15 is 0 Å². The third-order valence-corrected chi connectivity index (χ3v) is 4.87. The largest absolute Gasteiger partial charge is 0.487 e. The Balaban J connectivity index is 1.54. The molecule has 1 fully saturated rings. The third-order valence-electron chi connectivity index (χ3n) is 3.81. The van der Waals surface area contributed by atoms with Crippen molar-refractivity contribution in [1.82, 2.24) is 9.88 Å². The van der Waals surface area contributed by atoms with E-state index in [4.69, 9.17) is 9.84 Å². The number of rotatable bonds is 4. The van der Waals surface area contributed by atoms with E-state index < -0.39 is 6.09 Å². The van der Waals surface area contributed by atoms with Crippen LogP contribution in [-0.2, 0) is 6.61 Å². The second kappa shape index (κ2) is 6.79. The number of carboxylic acid groups (broad SMARTS) is 1. The normalized spacial score (nSPS) is 15.7. The summed E-state index contributed by atoms with van der Waals surface area (Å²) in [7, 11) is 0. The molecule has 6 heteroatoms. The molecule has 1 aromatic heterocycles. The SMILES string of the molecule is O=C(O)N1CCC(c2nc(COc3ccccc3)cs2)CC1. The summed E-state index contributed by atoms with van der Waals surface area (Å²) in [5.41, 5.74) is 0.935. The molecule has 0 saturated carbocycles. The molecule has 0 atom stereocenters. The zero-order valence-corrected chi connectivity index (χ0v) is 13.0. The molecule has 0 aliphatic carbocycles. The molecule has 2 heterocycles. The van der Waals surface area contributed by atoms with Crippen LogP contribution in [0.25, 0.3) is 0 Å². The monoisotopic (exact) mass is 318 g/mol. The number of nitrogens with zero attached hydrogens (tertiary/aromatic N) is 2. The van der Waals surface area contributed by atoms with Gasteiger partial charge in [0.2, 0.25) is 0 Å². The first-order valence-corrected chi connectivity index (χ1v) is 8.20. The van der Waals surface area contributed by atoms with Crippen molar-refractivity contribution in [3.05, 3.63) is 46.4 Å². The van der Waals surface area contributed by atoms with E-state index in [-0.39, 0.29) is 0 Å². The topological polar surface area (TPSA) is 62.7 Å². The molecule has 3 rings (SSSR count). The Hall–Kier alpha value is -2.08. The number of thiazole rings is 1. The van der Waals surface area contributed by atoms with Crippen molar-refractivity contribution in [2.75, 3.05) is 13.1 Å². The summed E-state index contributed by atoms with van der Waals surface area (Å²) >= 11 is 1.64. The number of carbonyl (C=O) groups is 1. The molecule has 1 amide bonds. The Bertz CT molecular complexity index is 621. The maximum atomic E-state index is 10.9. The van der Waals surface area contributed by atoms with Crippen LogP contribution in [0.15, 0.2) is 35.7 Å². The highest BCUT2D eigenvalue weighted by Gasteiger charge is 2.25. The van der Waals surface area contributed by atoms with Crippen LogP contribution in [0.2, 0.25) is 0 Å². The summed E-state index contributed by atoms with van der Waals surface area (Å²) < 4.78 is 5.70. The predicted molar refractivity (Wildman–Crippen MR) is 84.5 cm³/mol. The van der Waals surface area contributed by atoms with Crippen molar-refractivity contribution in [2.24, 2.45) is 0 Å². The average molecular weight is 318 g/mol. The average Bonchev–Trinajstić information content (AvgIpc) is 3.03. The van der Waals surface area contributed by atoms with E-state index in [2.05, 4.69) is 4.98 Å². The summed E-state index contributed by atoms with van der Waals surface area (Å²) in [4.78, 5) is 17.0. The molecule has 0 unspecified atom stereocenters. The van der Waals surface area contributed by atoms with E-state index in [1.165, 1.54) is 4.90 Å². The molecule has 1 aliphatic heterocycles. The minimum Gasteiger partial charge on any atom is -0.487 e. The third kappa shape index (κ3) is 3.57. The lowest BCUT2D eigenvalue weighted by Crippen LogP contribution is -2.36. The molecule has 1 N–H and O–H groups in total. The summed E-state index contributed by atoms with van der Waals surface area (Å²) in [5.74, 6) is 1.21. The van der Waals surface area contributed by atoms with Gasteiger partial charge in [-0.05, 0) is 25.0 Å². The maximum absolute atomic E-state index is 10.9. The zero-order valence-electron chi connectivity index (χ0n) is 12.1. The van der Waals surface area contributed by atoms with Gasteiger partial charge in [0.15, 0.2) is 0 Å². The number of hydrogen-bond donors (Lipinski definition) is 1. The Morgan fingerprint density at radius 2 is 2.05 bits per heavy atom. The van der Waals surface area contributed by atoms with Gasteiger partial charge in [0, 0.05) is 24.4 Å². The highest BCUT2D eigenvalue weighted by molar-refractivity contribution is 7.09. The number of ether oxygens (including phenoxy) is 1. The molecule has 22 heavy (non-hydrogen) atoms. The molecule has 0 bridgehead atoms. The van der Waals surface area contributed by atoms with E-state index in [1.54, 1.807) is 11.3 Å². The molecule has 116 valence electrons. The van der Waals surface area contributed by atoms with E-state index in [0.717, 1.165) is 29.3 Å². The summed E-state index contributed by atoms with van der Waals surface area (Å²) in [5, 5.41) is 12.1. The van der Waals surface area contributed by atoms with Gasteiger partial charge < -0.3 is 14.7 Å². The highest BCUT2D eigenvalue weighted by Crippen LogP contribution is 2.30. The Labute approximate surface area is 133 Å². The molecular formula is C16H18N2O3S. The lowest BCUT2D eigenvalue weighted by molar-refractivity contribution is 0.132. The van der Waals surface area contributed by atoms with Gasteiger partial charge in [-0.15, -0.1) is 11.3 Å². The predicted octanol–water partition coefficient (Wildman–Crippen LogP) is 3.58. The van der Waals surface area contributed by atoms with Crippen LogP contribution in [0.3, 0.4) is 0 Å². The van der Waals surface area contributed by atoms with Crippen molar-refractivity contribution in [3.8, 4) is 5.75 Å². The summed E-state index contributed by atoms with van der Waals surface area (Å²) in [6.07, 6.45) is 0.868. The smallest absolute Gasteiger partial charge is 0.407 e. The number of para-hydroxylation sites is 1. The first kappa shape index (κ1) is 14.8. The molecule has 1 saturated heterocycles. The van der Waals surface area contributed by atoms with Crippen molar-refractivity contribution < 1.29 is 14.6 Å². The first-order chi connectivity index (χ1) is 10.7. The first-order valence-electron chi connectivity index (χ1n) is 7.32. The molecular weight excluding hydrogens is 300 g/mol. The molecule has 5 nitrogen and oxygen atoms in total. The molecule has 2 aromatic rings. The minimum absolute atomic E-state index is 0.367. The second-order valence-corrected chi connectivity index (χ2v) is 6.21. The van der Waals surface area contributed by atoms with Gasteiger partial charge in [-0.3, -0.25) is 0 Å². The Morgan fingerprint density at radius 3 is 2.73 bits per heavy atom. The number of hydrogen-bond acceptors (Lipinski definition) is 4. The van der Waals surface area contributed by atoms with Crippen LogP contribution in [0.5, 0.6) is 5.75 Å². The van der Waals surface area contributed by atoms with Gasteiger partial charge in [-0.2, -0.15) is 0 Å². The van der Waals surface area contributed by atoms with E-state index in [1.807, 2.05) is 35.7 Å². The lowest BCUT2D eigenvalue weighted by Gasteiger charge is -2.28. The molecule has 0 radical (unpaired) electrons. The van der Waals surface area contributed by atoms with E-state index in [9.17, 15) is 4.79 Å². The van der Waals surface area contributed by atoms with Gasteiger partial charge in [-0.1, -0.05) is 18.2 Å². The fourth-order valence-corrected chi connectivity index (χ4v) is 3.54. The van der Waals surface area contributed by atoms with Crippen molar-refractivity contribution in [3.63, 3.8) is 0 Å². The van der Waals surface area contributed by atoms with Crippen molar-refractivity contribution in [1.29, 1.82) is 0 Å². The maximum Gasteiger partial charge on any atom is 0.407 e. The summed E-state index contributed by atoms with van der Waals surface area (Å²) in [6, 6.07) is 9.69. The van der Waals surface area contributed by atoms with Gasteiger partial charge in [-0.25, -0.2) is 9.78 Å². The standard InChI is InChI=1S/C16H18N2O3S/c19-16(20)18-8-6-12(7-9-18)15-17-13(11-22-15)10-21-14-4-2-1-3-5-14/h1-5,11-12H,6-10H2,(H,19,20). The van der Waals surface area contributed by atoms with Gasteiger partial charge in [0.25, 0.3) is 0 Å². The second-order valence-electron chi connectivity index (χ2n) is 5.32. The number of aromatic nitrogens is 1. The van der Waals surface area contributed by atoms with Gasteiger partial charge in [0.05, 0.1) is 10.7 Å². The number of likely N-dealkylation sites (tertiary alicyclic amines) is 1. The fraction of sp³-hybridized carbons (Fsp3) is 0.375. The fourth-order valence-electron chi connectivity index (χ4n) is 2.57. The van der Waals surface area contributed by atoms with Crippen LogP contribution in [0, 0.1) is 0 Å². The van der Waals surface area contributed by atoms with Crippen molar-refractivity contribution in [2.45, 2.75) is 25.4 Å². The van der Waals surface area contributed by atoms with Crippen LogP contribution >= 0.6 is 11.3 Å². The number of piperidine rings is 1. The number of amides is 1. The quantitative estimate of drug-likeness (QED) is 0.936. The van der Waals surface area contributed by atoms with Gasteiger partial charge in [0.1, 0.15) is 12.4 Å². The van der Waals surface area contributed by atoms with E-state index in [0.29, 0.717) is 25.6 Å². The Kier molecular flexibility index (Phi) is 4.58. The molecule has 1 aromatic carbocycles. The molecule has 0 spiro atoms.